The highest BCUT2D eigenvalue weighted by Crippen LogP contribution is 2.35. The first-order chi connectivity index (χ1) is 9.62. The summed E-state index contributed by atoms with van der Waals surface area (Å²) in [5, 5.41) is 0. The molecule has 1 aromatic rings. The average molecular weight is 274 g/mol. The van der Waals surface area contributed by atoms with Gasteiger partial charge in [-0.1, -0.05) is 12.1 Å². The first kappa shape index (κ1) is 13.2. The Bertz CT molecular complexity index is 494. The number of hydrogen-bond acceptors (Lipinski definition) is 4. The molecular weight excluding hydrogens is 256 g/mol. The highest BCUT2D eigenvalue weighted by molar-refractivity contribution is 5.76. The van der Waals surface area contributed by atoms with Gasteiger partial charge in [0, 0.05) is 0 Å². The Morgan fingerprint density at radius 1 is 0.800 bits per heavy atom. The van der Waals surface area contributed by atoms with Gasteiger partial charge in [0.05, 0.1) is 26.1 Å². The van der Waals surface area contributed by atoms with Crippen molar-refractivity contribution in [1.29, 1.82) is 0 Å². The molecule has 0 unspecified atom stereocenters. The van der Waals surface area contributed by atoms with Crippen LogP contribution in [0.4, 0.5) is 0 Å². The first-order valence-electron chi connectivity index (χ1n) is 6.91. The summed E-state index contributed by atoms with van der Waals surface area (Å²) in [5.41, 5.74) is 4.91. The molecule has 2 aliphatic carbocycles. The van der Waals surface area contributed by atoms with Crippen molar-refractivity contribution in [2.75, 3.05) is 14.2 Å². The molecule has 2 aliphatic rings. The molecule has 106 valence electrons. The molecule has 0 fully saturated rings. The molecule has 0 heterocycles. The summed E-state index contributed by atoms with van der Waals surface area (Å²) in [7, 11) is 2.87. The van der Waals surface area contributed by atoms with Crippen LogP contribution >= 0.6 is 0 Å². The Kier molecular flexibility index (Phi) is 3.24. The van der Waals surface area contributed by atoms with Gasteiger partial charge in [0.15, 0.2) is 0 Å². The molecule has 0 saturated heterocycles. The topological polar surface area (TPSA) is 52.6 Å². The number of methoxy groups -OCH3 is 2. The SMILES string of the molecule is COC(=O)C1Cc2cc3c(cc2C1)CC(C(=O)OC)C3. The zero-order valence-electron chi connectivity index (χ0n) is 11.8. The zero-order chi connectivity index (χ0) is 14.3. The normalized spacial score (nSPS) is 17.7. The van der Waals surface area contributed by atoms with Gasteiger partial charge < -0.3 is 9.47 Å². The van der Waals surface area contributed by atoms with E-state index < -0.39 is 0 Å². The Morgan fingerprint density at radius 3 is 1.35 bits per heavy atom. The quantitative estimate of drug-likeness (QED) is 0.766. The molecule has 0 radical (unpaired) electrons. The van der Waals surface area contributed by atoms with E-state index in [1.54, 1.807) is 0 Å². The summed E-state index contributed by atoms with van der Waals surface area (Å²) in [5.74, 6) is -0.356. The van der Waals surface area contributed by atoms with Gasteiger partial charge in [0.25, 0.3) is 0 Å². The van der Waals surface area contributed by atoms with Gasteiger partial charge in [0.1, 0.15) is 0 Å². The van der Waals surface area contributed by atoms with E-state index in [9.17, 15) is 9.59 Å². The third-order valence-corrected chi connectivity index (χ3v) is 4.46. The second-order valence-electron chi connectivity index (χ2n) is 5.65. The predicted molar refractivity (Wildman–Crippen MR) is 72.3 cm³/mol. The van der Waals surface area contributed by atoms with Crippen LogP contribution in [0, 0.1) is 11.8 Å². The highest BCUT2D eigenvalue weighted by atomic mass is 16.5. The molecule has 3 rings (SSSR count). The number of carbonyl (C=O) groups is 2. The largest absolute Gasteiger partial charge is 0.469 e. The van der Waals surface area contributed by atoms with E-state index in [2.05, 4.69) is 12.1 Å². The summed E-state index contributed by atoms with van der Waals surface area (Å²) >= 11 is 0. The van der Waals surface area contributed by atoms with Crippen LogP contribution < -0.4 is 0 Å². The van der Waals surface area contributed by atoms with Gasteiger partial charge in [0.2, 0.25) is 0 Å². The van der Waals surface area contributed by atoms with Gasteiger partial charge in [-0.15, -0.1) is 0 Å². The number of carbonyl (C=O) groups excluding carboxylic acids is 2. The molecule has 0 spiro atoms. The lowest BCUT2D eigenvalue weighted by Gasteiger charge is -2.05. The van der Waals surface area contributed by atoms with Crippen molar-refractivity contribution < 1.29 is 19.1 Å². The molecule has 0 amide bonds. The smallest absolute Gasteiger partial charge is 0.309 e. The van der Waals surface area contributed by atoms with Gasteiger partial charge >= 0.3 is 11.9 Å². The molecular formula is C16H18O4. The zero-order valence-corrected chi connectivity index (χ0v) is 11.8. The Morgan fingerprint density at radius 2 is 1.10 bits per heavy atom. The van der Waals surface area contributed by atoms with Crippen molar-refractivity contribution in [3.63, 3.8) is 0 Å². The maximum atomic E-state index is 11.6. The summed E-state index contributed by atoms with van der Waals surface area (Å²) < 4.78 is 9.66. The van der Waals surface area contributed by atoms with Crippen LogP contribution in [0.1, 0.15) is 22.3 Å². The second-order valence-corrected chi connectivity index (χ2v) is 5.65. The van der Waals surface area contributed by atoms with Crippen LogP contribution in [0.3, 0.4) is 0 Å². The third-order valence-electron chi connectivity index (χ3n) is 4.46. The van der Waals surface area contributed by atoms with Crippen molar-refractivity contribution in [2.24, 2.45) is 11.8 Å². The maximum Gasteiger partial charge on any atom is 0.309 e. The minimum atomic E-state index is -0.131. The fourth-order valence-corrected chi connectivity index (χ4v) is 3.42. The number of ether oxygens (including phenoxy) is 2. The van der Waals surface area contributed by atoms with Crippen molar-refractivity contribution in [2.45, 2.75) is 25.7 Å². The Labute approximate surface area is 118 Å². The number of fused-ring (bicyclic) bond motifs is 2. The standard InChI is InChI=1S/C16H18O4/c1-19-15(17)13-5-9-3-11-7-14(16(18)20-2)8-12(11)4-10(9)6-13/h3-4,13-14H,5-8H2,1-2H3. The van der Waals surface area contributed by atoms with Crippen molar-refractivity contribution in [3.05, 3.63) is 34.4 Å². The van der Waals surface area contributed by atoms with Crippen molar-refractivity contribution in [1.82, 2.24) is 0 Å². The van der Waals surface area contributed by atoms with Crippen LogP contribution in [0.25, 0.3) is 0 Å². The van der Waals surface area contributed by atoms with Crippen LogP contribution in [0.2, 0.25) is 0 Å². The minimum absolute atomic E-state index is 0.0473. The number of hydrogen-bond donors (Lipinski definition) is 0. The minimum Gasteiger partial charge on any atom is -0.469 e. The van der Waals surface area contributed by atoms with E-state index in [-0.39, 0.29) is 23.8 Å². The van der Waals surface area contributed by atoms with Crippen LogP contribution in [-0.4, -0.2) is 26.2 Å². The highest BCUT2D eigenvalue weighted by Gasteiger charge is 2.33. The van der Waals surface area contributed by atoms with Crippen molar-refractivity contribution in [3.8, 4) is 0 Å². The summed E-state index contributed by atoms with van der Waals surface area (Å²) in [6.07, 6.45) is 2.99. The molecule has 0 saturated carbocycles. The lowest BCUT2D eigenvalue weighted by Crippen LogP contribution is -2.16. The van der Waals surface area contributed by atoms with Crippen LogP contribution in [0.5, 0.6) is 0 Å². The molecule has 4 nitrogen and oxygen atoms in total. The molecule has 4 heteroatoms. The van der Waals surface area contributed by atoms with Crippen LogP contribution in [-0.2, 0) is 44.7 Å². The molecule has 0 N–H and O–H groups in total. The van der Waals surface area contributed by atoms with Crippen LogP contribution in [0.15, 0.2) is 12.1 Å². The fourth-order valence-electron chi connectivity index (χ4n) is 3.42. The molecule has 1 aromatic carbocycles. The van der Waals surface area contributed by atoms with Gasteiger partial charge in [-0.25, -0.2) is 0 Å². The molecule has 0 bridgehead atoms. The van der Waals surface area contributed by atoms with E-state index in [1.807, 2.05) is 0 Å². The molecule has 0 aromatic heterocycles. The number of esters is 2. The molecule has 20 heavy (non-hydrogen) atoms. The number of rotatable bonds is 2. The average Bonchev–Trinajstić information content (AvgIpc) is 3.05. The Balaban J connectivity index is 1.81. The van der Waals surface area contributed by atoms with Gasteiger partial charge in [-0.05, 0) is 47.9 Å². The van der Waals surface area contributed by atoms with Crippen molar-refractivity contribution >= 4 is 11.9 Å². The predicted octanol–water partition coefficient (Wildman–Crippen LogP) is 1.46. The Hall–Kier alpha value is -1.84. The lowest BCUT2D eigenvalue weighted by molar-refractivity contribution is -0.145. The molecule has 0 atom stereocenters. The van der Waals surface area contributed by atoms with Gasteiger partial charge in [-0.3, -0.25) is 9.59 Å². The summed E-state index contributed by atoms with van der Waals surface area (Å²) in [6.45, 7) is 0. The monoisotopic (exact) mass is 274 g/mol. The van der Waals surface area contributed by atoms with E-state index in [1.165, 1.54) is 36.5 Å². The number of benzene rings is 1. The summed E-state index contributed by atoms with van der Waals surface area (Å²) in [6, 6.07) is 4.33. The fraction of sp³-hybridized carbons (Fsp3) is 0.500. The lowest BCUT2D eigenvalue weighted by atomic mass is 10.0. The van der Waals surface area contributed by atoms with E-state index in [0.29, 0.717) is 0 Å². The third kappa shape index (κ3) is 2.09. The first-order valence-corrected chi connectivity index (χ1v) is 6.91. The van der Waals surface area contributed by atoms with E-state index in [0.717, 1.165) is 25.7 Å². The summed E-state index contributed by atoms with van der Waals surface area (Å²) in [4.78, 5) is 23.3. The maximum absolute atomic E-state index is 11.6. The molecule has 0 aliphatic heterocycles. The second kappa shape index (κ2) is 4.93. The van der Waals surface area contributed by atoms with E-state index in [4.69, 9.17) is 9.47 Å². The van der Waals surface area contributed by atoms with Gasteiger partial charge in [-0.2, -0.15) is 0 Å². The van der Waals surface area contributed by atoms with E-state index >= 15 is 0 Å².